The molecule has 0 aromatic heterocycles. The SMILES string of the molecule is CCOc1cccc(N2C(=O)C(Nc3ccc(F)cc3)=C(c3ccccc3OC)C2=O)c1. The predicted molar refractivity (Wildman–Crippen MR) is 120 cm³/mol. The van der Waals surface area contributed by atoms with Crippen LogP contribution < -0.4 is 19.7 Å². The summed E-state index contributed by atoms with van der Waals surface area (Å²) >= 11 is 0. The molecule has 162 valence electrons. The van der Waals surface area contributed by atoms with Gasteiger partial charge < -0.3 is 14.8 Å². The Labute approximate surface area is 184 Å². The standard InChI is InChI=1S/C25H21FN2O4/c1-3-32-19-8-6-7-18(15-19)28-24(29)22(20-9-4-5-10-21(20)31-2)23(25(28)30)27-17-13-11-16(26)12-14-17/h4-15,27H,3H2,1-2H3. The van der Waals surface area contributed by atoms with Crippen LogP contribution in [0.1, 0.15) is 12.5 Å². The number of nitrogens with one attached hydrogen (secondary N) is 1. The summed E-state index contributed by atoms with van der Waals surface area (Å²) in [6.45, 7) is 2.30. The molecule has 0 saturated carbocycles. The van der Waals surface area contributed by atoms with Gasteiger partial charge in [0.2, 0.25) is 0 Å². The average molecular weight is 432 g/mol. The Morgan fingerprint density at radius 2 is 1.69 bits per heavy atom. The number of amides is 2. The molecule has 1 aliphatic heterocycles. The van der Waals surface area contributed by atoms with Crippen LogP contribution in [0.15, 0.2) is 78.5 Å². The minimum Gasteiger partial charge on any atom is -0.496 e. The fourth-order valence-corrected chi connectivity index (χ4v) is 3.54. The Morgan fingerprint density at radius 3 is 2.41 bits per heavy atom. The van der Waals surface area contributed by atoms with Gasteiger partial charge in [-0.1, -0.05) is 24.3 Å². The van der Waals surface area contributed by atoms with Gasteiger partial charge in [0.25, 0.3) is 11.8 Å². The number of methoxy groups -OCH3 is 1. The summed E-state index contributed by atoms with van der Waals surface area (Å²) < 4.78 is 24.3. The molecule has 0 atom stereocenters. The number of halogens is 1. The molecule has 1 heterocycles. The molecule has 0 saturated heterocycles. The zero-order chi connectivity index (χ0) is 22.7. The van der Waals surface area contributed by atoms with Crippen molar-refractivity contribution < 1.29 is 23.5 Å². The van der Waals surface area contributed by atoms with Crippen molar-refractivity contribution in [3.8, 4) is 11.5 Å². The Kier molecular flexibility index (Phi) is 5.89. The fourth-order valence-electron chi connectivity index (χ4n) is 3.54. The van der Waals surface area contributed by atoms with E-state index in [9.17, 15) is 14.0 Å². The maximum absolute atomic E-state index is 13.6. The molecular formula is C25H21FN2O4. The number of nitrogens with zero attached hydrogens (tertiary/aromatic N) is 1. The van der Waals surface area contributed by atoms with Crippen molar-refractivity contribution in [3.63, 3.8) is 0 Å². The van der Waals surface area contributed by atoms with Crippen LogP contribution in [0, 0.1) is 5.82 Å². The highest BCUT2D eigenvalue weighted by Crippen LogP contribution is 2.38. The first-order valence-electron chi connectivity index (χ1n) is 10.1. The van der Waals surface area contributed by atoms with Crippen LogP contribution >= 0.6 is 0 Å². The van der Waals surface area contributed by atoms with Gasteiger partial charge in [-0.15, -0.1) is 0 Å². The van der Waals surface area contributed by atoms with E-state index in [0.29, 0.717) is 35.0 Å². The second-order valence-electron chi connectivity index (χ2n) is 6.96. The van der Waals surface area contributed by atoms with Crippen molar-refractivity contribution in [2.75, 3.05) is 23.9 Å². The third kappa shape index (κ3) is 3.92. The third-order valence-corrected chi connectivity index (χ3v) is 4.96. The molecule has 0 unspecified atom stereocenters. The number of para-hydroxylation sites is 1. The number of benzene rings is 3. The summed E-state index contributed by atoms with van der Waals surface area (Å²) in [5.41, 5.74) is 1.57. The first kappa shape index (κ1) is 21.1. The van der Waals surface area contributed by atoms with Gasteiger partial charge >= 0.3 is 0 Å². The van der Waals surface area contributed by atoms with Crippen molar-refractivity contribution in [2.24, 2.45) is 0 Å². The summed E-state index contributed by atoms with van der Waals surface area (Å²) in [4.78, 5) is 28.1. The normalized spacial score (nSPS) is 13.5. The number of rotatable bonds is 7. The van der Waals surface area contributed by atoms with Gasteiger partial charge in [-0.25, -0.2) is 9.29 Å². The van der Waals surface area contributed by atoms with Crippen LogP contribution in [-0.4, -0.2) is 25.5 Å². The summed E-state index contributed by atoms with van der Waals surface area (Å²) in [5, 5.41) is 3.00. The number of ether oxygens (including phenoxy) is 2. The van der Waals surface area contributed by atoms with E-state index in [4.69, 9.17) is 9.47 Å². The Bertz CT molecular complexity index is 1200. The van der Waals surface area contributed by atoms with Crippen LogP contribution in [0.4, 0.5) is 15.8 Å². The number of imide groups is 1. The molecule has 0 fully saturated rings. The Balaban J connectivity index is 1.83. The van der Waals surface area contributed by atoms with Crippen molar-refractivity contribution in [3.05, 3.63) is 89.9 Å². The molecule has 3 aromatic carbocycles. The highest BCUT2D eigenvalue weighted by molar-refractivity contribution is 6.46. The van der Waals surface area contributed by atoms with E-state index in [2.05, 4.69) is 5.32 Å². The van der Waals surface area contributed by atoms with Gasteiger partial charge in [0, 0.05) is 17.3 Å². The van der Waals surface area contributed by atoms with E-state index in [1.54, 1.807) is 48.5 Å². The van der Waals surface area contributed by atoms with Crippen LogP contribution in [0.5, 0.6) is 11.5 Å². The van der Waals surface area contributed by atoms with Gasteiger partial charge in [-0.05, 0) is 49.4 Å². The minimum absolute atomic E-state index is 0.0768. The van der Waals surface area contributed by atoms with E-state index in [1.165, 1.54) is 31.4 Å². The minimum atomic E-state index is -0.533. The number of hydrogen-bond donors (Lipinski definition) is 1. The summed E-state index contributed by atoms with van der Waals surface area (Å²) in [6.07, 6.45) is 0. The zero-order valence-corrected chi connectivity index (χ0v) is 17.6. The lowest BCUT2D eigenvalue weighted by Crippen LogP contribution is -2.32. The summed E-state index contributed by atoms with van der Waals surface area (Å²) in [6, 6.07) is 19.3. The summed E-state index contributed by atoms with van der Waals surface area (Å²) in [7, 11) is 1.50. The number of carbonyl (C=O) groups excluding carboxylic acids is 2. The molecule has 0 bridgehead atoms. The molecule has 0 spiro atoms. The maximum atomic E-state index is 13.6. The molecule has 0 aliphatic carbocycles. The molecule has 6 nitrogen and oxygen atoms in total. The van der Waals surface area contributed by atoms with Crippen LogP contribution in [0.3, 0.4) is 0 Å². The van der Waals surface area contributed by atoms with E-state index < -0.39 is 17.6 Å². The van der Waals surface area contributed by atoms with Gasteiger partial charge in [0.15, 0.2) is 0 Å². The van der Waals surface area contributed by atoms with Crippen LogP contribution in [0.25, 0.3) is 5.57 Å². The first-order valence-corrected chi connectivity index (χ1v) is 10.1. The Hall–Kier alpha value is -4.13. The molecule has 1 aliphatic rings. The van der Waals surface area contributed by atoms with Crippen LogP contribution in [-0.2, 0) is 9.59 Å². The average Bonchev–Trinajstić information content (AvgIpc) is 3.04. The molecule has 3 aromatic rings. The number of carbonyl (C=O) groups is 2. The van der Waals surface area contributed by atoms with Crippen molar-refractivity contribution in [2.45, 2.75) is 6.92 Å². The highest BCUT2D eigenvalue weighted by Gasteiger charge is 2.41. The van der Waals surface area contributed by atoms with E-state index >= 15 is 0 Å². The molecule has 0 radical (unpaired) electrons. The lowest BCUT2D eigenvalue weighted by atomic mass is 10.0. The highest BCUT2D eigenvalue weighted by atomic mass is 19.1. The largest absolute Gasteiger partial charge is 0.496 e. The summed E-state index contributed by atoms with van der Waals surface area (Å²) in [5.74, 6) is -0.444. The molecule has 4 rings (SSSR count). The lowest BCUT2D eigenvalue weighted by molar-refractivity contribution is -0.120. The van der Waals surface area contributed by atoms with E-state index in [1.807, 2.05) is 6.92 Å². The molecular weight excluding hydrogens is 411 g/mol. The van der Waals surface area contributed by atoms with Crippen molar-refractivity contribution in [1.82, 2.24) is 0 Å². The van der Waals surface area contributed by atoms with E-state index in [-0.39, 0.29) is 11.3 Å². The first-order chi connectivity index (χ1) is 15.5. The maximum Gasteiger partial charge on any atom is 0.282 e. The van der Waals surface area contributed by atoms with E-state index in [0.717, 1.165) is 4.90 Å². The number of anilines is 2. The monoisotopic (exact) mass is 432 g/mol. The lowest BCUT2D eigenvalue weighted by Gasteiger charge is -2.16. The molecule has 1 N–H and O–H groups in total. The topological polar surface area (TPSA) is 67.9 Å². The molecule has 7 heteroatoms. The fraction of sp³-hybridized carbons (Fsp3) is 0.120. The van der Waals surface area contributed by atoms with Crippen molar-refractivity contribution >= 4 is 28.8 Å². The smallest absolute Gasteiger partial charge is 0.282 e. The zero-order valence-electron chi connectivity index (χ0n) is 17.6. The molecule has 2 amide bonds. The van der Waals surface area contributed by atoms with Gasteiger partial charge in [-0.2, -0.15) is 0 Å². The second-order valence-corrected chi connectivity index (χ2v) is 6.96. The van der Waals surface area contributed by atoms with Crippen molar-refractivity contribution in [1.29, 1.82) is 0 Å². The molecule has 32 heavy (non-hydrogen) atoms. The quantitative estimate of drug-likeness (QED) is 0.552. The number of hydrogen-bond acceptors (Lipinski definition) is 5. The van der Waals surface area contributed by atoms with Crippen LogP contribution in [0.2, 0.25) is 0 Å². The van der Waals surface area contributed by atoms with Gasteiger partial charge in [0.1, 0.15) is 23.0 Å². The third-order valence-electron chi connectivity index (χ3n) is 4.96. The Morgan fingerprint density at radius 1 is 0.938 bits per heavy atom. The predicted octanol–water partition coefficient (Wildman–Crippen LogP) is 4.63. The van der Waals surface area contributed by atoms with Gasteiger partial charge in [-0.3, -0.25) is 9.59 Å². The second kappa shape index (κ2) is 8.93. The van der Waals surface area contributed by atoms with Gasteiger partial charge in [0.05, 0.1) is 25.0 Å².